The molecule has 0 aliphatic rings. The van der Waals surface area contributed by atoms with E-state index in [4.69, 9.17) is 0 Å². The van der Waals surface area contributed by atoms with Crippen molar-refractivity contribution in [2.75, 3.05) is 0 Å². The highest BCUT2D eigenvalue weighted by Crippen LogP contribution is 2.20. The van der Waals surface area contributed by atoms with Crippen molar-refractivity contribution >= 4 is 0 Å². The molecule has 90 valence electrons. The molecule has 2 aromatic rings. The van der Waals surface area contributed by atoms with Crippen LogP contribution in [-0.4, -0.2) is 15.0 Å². The number of nitrogens with zero attached hydrogens (tertiary/aromatic N) is 3. The van der Waals surface area contributed by atoms with E-state index in [-0.39, 0.29) is 5.41 Å². The minimum atomic E-state index is 0.260. The van der Waals surface area contributed by atoms with Gasteiger partial charge in [0.1, 0.15) is 0 Å². The molecular weight excluding hydrogens is 210 g/mol. The summed E-state index contributed by atoms with van der Waals surface area (Å²) in [5, 5.41) is 8.18. The summed E-state index contributed by atoms with van der Waals surface area (Å²) in [5.41, 5.74) is 2.71. The number of aromatic nitrogens is 3. The van der Waals surface area contributed by atoms with Crippen LogP contribution in [0.3, 0.4) is 0 Å². The zero-order valence-corrected chi connectivity index (χ0v) is 10.7. The van der Waals surface area contributed by atoms with Crippen molar-refractivity contribution in [1.29, 1.82) is 0 Å². The number of hydrogen-bond donors (Lipinski definition) is 0. The van der Waals surface area contributed by atoms with Gasteiger partial charge in [-0.15, -0.1) is 5.10 Å². The van der Waals surface area contributed by atoms with Crippen molar-refractivity contribution in [3.05, 3.63) is 47.8 Å². The van der Waals surface area contributed by atoms with Crippen LogP contribution < -0.4 is 0 Å². The van der Waals surface area contributed by atoms with Gasteiger partial charge in [-0.05, 0) is 17.4 Å². The van der Waals surface area contributed by atoms with Crippen molar-refractivity contribution < 1.29 is 0 Å². The maximum absolute atomic E-state index is 4.16. The minimum Gasteiger partial charge on any atom is -0.245 e. The molecule has 1 aromatic heterocycles. The Morgan fingerprint density at radius 2 is 1.82 bits per heavy atom. The van der Waals surface area contributed by atoms with E-state index in [1.807, 2.05) is 16.9 Å². The molecule has 0 radical (unpaired) electrons. The molecule has 3 heteroatoms. The van der Waals surface area contributed by atoms with Gasteiger partial charge in [0.05, 0.1) is 18.4 Å². The fourth-order valence-corrected chi connectivity index (χ4v) is 1.85. The first-order valence-electron chi connectivity index (χ1n) is 5.96. The largest absolute Gasteiger partial charge is 0.245 e. The van der Waals surface area contributed by atoms with Crippen LogP contribution in [0, 0.1) is 5.41 Å². The van der Waals surface area contributed by atoms with Crippen molar-refractivity contribution in [3.8, 4) is 0 Å². The minimum absolute atomic E-state index is 0.260. The van der Waals surface area contributed by atoms with Crippen molar-refractivity contribution in [3.63, 3.8) is 0 Å². The van der Waals surface area contributed by atoms with Gasteiger partial charge in [0, 0.05) is 0 Å². The third-order valence-electron chi connectivity index (χ3n) is 2.58. The van der Waals surface area contributed by atoms with E-state index < -0.39 is 0 Å². The second-order valence-electron chi connectivity index (χ2n) is 5.61. The maximum Gasteiger partial charge on any atom is 0.0725 e. The third kappa shape index (κ3) is 3.41. The van der Waals surface area contributed by atoms with E-state index in [0.29, 0.717) is 0 Å². The Kier molecular flexibility index (Phi) is 3.27. The van der Waals surface area contributed by atoms with E-state index in [1.54, 1.807) is 0 Å². The van der Waals surface area contributed by atoms with Gasteiger partial charge in [0.25, 0.3) is 0 Å². The number of benzene rings is 1. The number of hydrogen-bond acceptors (Lipinski definition) is 2. The van der Waals surface area contributed by atoms with Crippen LogP contribution in [0.4, 0.5) is 0 Å². The van der Waals surface area contributed by atoms with E-state index in [2.05, 4.69) is 55.3 Å². The van der Waals surface area contributed by atoms with Gasteiger partial charge in [0.2, 0.25) is 0 Å². The summed E-state index contributed by atoms with van der Waals surface area (Å²) in [6.45, 7) is 7.48. The molecule has 0 aliphatic heterocycles. The highest BCUT2D eigenvalue weighted by molar-refractivity contribution is 5.15. The summed E-state index contributed by atoms with van der Waals surface area (Å²) in [6, 6.07) is 10.4. The molecule has 0 aliphatic carbocycles. The maximum atomic E-state index is 4.16. The Balaban J connectivity index is 2.15. The lowest BCUT2D eigenvalue weighted by Crippen LogP contribution is -2.14. The molecular formula is C14H19N3. The van der Waals surface area contributed by atoms with Crippen molar-refractivity contribution in [1.82, 2.24) is 15.0 Å². The predicted molar refractivity (Wildman–Crippen MR) is 68.7 cm³/mol. The molecule has 0 unspecified atom stereocenters. The van der Waals surface area contributed by atoms with Gasteiger partial charge in [-0.2, -0.15) is 0 Å². The van der Waals surface area contributed by atoms with Gasteiger partial charge in [0.15, 0.2) is 0 Å². The van der Waals surface area contributed by atoms with E-state index >= 15 is 0 Å². The SMILES string of the molecule is CC(C)(C)Cc1cnnn1Cc1ccccc1. The van der Waals surface area contributed by atoms with Gasteiger partial charge < -0.3 is 0 Å². The highest BCUT2D eigenvalue weighted by Gasteiger charge is 2.15. The molecule has 0 amide bonds. The zero-order valence-electron chi connectivity index (χ0n) is 10.7. The first-order chi connectivity index (χ1) is 8.04. The molecule has 2 rings (SSSR count). The summed E-state index contributed by atoms with van der Waals surface area (Å²) in [4.78, 5) is 0. The average molecular weight is 229 g/mol. The molecule has 1 heterocycles. The summed E-state index contributed by atoms with van der Waals surface area (Å²) in [5.74, 6) is 0. The summed E-state index contributed by atoms with van der Waals surface area (Å²) in [6.07, 6.45) is 2.86. The Morgan fingerprint density at radius 1 is 1.12 bits per heavy atom. The van der Waals surface area contributed by atoms with Crippen LogP contribution in [0.2, 0.25) is 0 Å². The summed E-state index contributed by atoms with van der Waals surface area (Å²) >= 11 is 0. The Morgan fingerprint density at radius 3 is 2.47 bits per heavy atom. The van der Waals surface area contributed by atoms with Crippen LogP contribution in [0.1, 0.15) is 32.0 Å². The lowest BCUT2D eigenvalue weighted by molar-refractivity contribution is 0.395. The highest BCUT2D eigenvalue weighted by atomic mass is 15.4. The Labute approximate surface area is 102 Å². The van der Waals surface area contributed by atoms with Crippen LogP contribution in [0.15, 0.2) is 36.5 Å². The molecule has 0 saturated carbocycles. The normalized spacial score (nSPS) is 11.7. The van der Waals surface area contributed by atoms with Crippen LogP contribution in [0.25, 0.3) is 0 Å². The molecule has 0 atom stereocenters. The Bertz CT molecular complexity index is 466. The molecule has 0 spiro atoms. The molecule has 0 fully saturated rings. The standard InChI is InChI=1S/C14H19N3/c1-14(2,3)9-13-10-15-16-17(13)11-12-7-5-4-6-8-12/h4-8,10H,9,11H2,1-3H3. The third-order valence-corrected chi connectivity index (χ3v) is 2.58. The first-order valence-corrected chi connectivity index (χ1v) is 5.96. The summed E-state index contributed by atoms with van der Waals surface area (Å²) in [7, 11) is 0. The second-order valence-corrected chi connectivity index (χ2v) is 5.61. The van der Waals surface area contributed by atoms with Crippen molar-refractivity contribution in [2.45, 2.75) is 33.7 Å². The monoisotopic (exact) mass is 229 g/mol. The molecule has 3 nitrogen and oxygen atoms in total. The van der Waals surface area contributed by atoms with Gasteiger partial charge in [-0.3, -0.25) is 0 Å². The molecule has 1 aromatic carbocycles. The van der Waals surface area contributed by atoms with E-state index in [0.717, 1.165) is 13.0 Å². The van der Waals surface area contributed by atoms with Crippen LogP contribution in [0.5, 0.6) is 0 Å². The average Bonchev–Trinajstić information content (AvgIpc) is 2.65. The molecule has 17 heavy (non-hydrogen) atoms. The van der Waals surface area contributed by atoms with E-state index in [1.165, 1.54) is 11.3 Å². The van der Waals surface area contributed by atoms with Gasteiger partial charge >= 0.3 is 0 Å². The lowest BCUT2D eigenvalue weighted by atomic mass is 9.91. The topological polar surface area (TPSA) is 30.7 Å². The van der Waals surface area contributed by atoms with Crippen LogP contribution in [-0.2, 0) is 13.0 Å². The Hall–Kier alpha value is -1.64. The quantitative estimate of drug-likeness (QED) is 0.810. The smallest absolute Gasteiger partial charge is 0.0725 e. The van der Waals surface area contributed by atoms with Gasteiger partial charge in [-0.25, -0.2) is 4.68 Å². The fourth-order valence-electron chi connectivity index (χ4n) is 1.85. The summed E-state index contributed by atoms with van der Waals surface area (Å²) < 4.78 is 1.99. The molecule has 0 N–H and O–H groups in total. The second kappa shape index (κ2) is 4.70. The van der Waals surface area contributed by atoms with Crippen LogP contribution >= 0.6 is 0 Å². The molecule has 0 saturated heterocycles. The van der Waals surface area contributed by atoms with Gasteiger partial charge in [-0.1, -0.05) is 56.3 Å². The predicted octanol–water partition coefficient (Wildman–Crippen LogP) is 2.92. The fraction of sp³-hybridized carbons (Fsp3) is 0.429. The van der Waals surface area contributed by atoms with Crippen molar-refractivity contribution in [2.24, 2.45) is 5.41 Å². The first kappa shape index (κ1) is 11.8. The number of rotatable bonds is 3. The lowest BCUT2D eigenvalue weighted by Gasteiger charge is -2.18. The molecule has 0 bridgehead atoms. The van der Waals surface area contributed by atoms with E-state index in [9.17, 15) is 0 Å². The zero-order chi connectivity index (χ0) is 12.3.